The van der Waals surface area contributed by atoms with Crippen molar-refractivity contribution in [1.29, 1.82) is 0 Å². The number of hydrogen-bond donors (Lipinski definition) is 1. The Bertz CT molecular complexity index is 88.1. The Morgan fingerprint density at radius 2 is 2.18 bits per heavy atom. The van der Waals surface area contributed by atoms with E-state index in [-0.39, 0.29) is 32.3 Å². The molecule has 64 valence electrons. The Morgan fingerprint density at radius 1 is 1.55 bits per heavy atom. The zero-order valence-corrected chi connectivity index (χ0v) is 9.50. The Morgan fingerprint density at radius 3 is 2.64 bits per heavy atom. The SMILES string of the molecule is CC(O)CCCCC1CO1.[Zr]. The van der Waals surface area contributed by atoms with Gasteiger partial charge in [0.2, 0.25) is 0 Å². The molecule has 1 N–H and O–H groups in total. The Balaban J connectivity index is 0.000001000. The molecule has 0 radical (unpaired) electrons. The summed E-state index contributed by atoms with van der Waals surface area (Å²) in [6.45, 7) is 2.81. The van der Waals surface area contributed by atoms with E-state index in [1.165, 1.54) is 12.8 Å². The summed E-state index contributed by atoms with van der Waals surface area (Å²) in [6.07, 6.45) is 4.90. The van der Waals surface area contributed by atoms with Crippen LogP contribution in [0.4, 0.5) is 0 Å². The van der Waals surface area contributed by atoms with E-state index in [1.807, 2.05) is 6.92 Å². The van der Waals surface area contributed by atoms with Crippen molar-refractivity contribution in [2.45, 2.75) is 44.8 Å². The van der Waals surface area contributed by atoms with Gasteiger partial charge in [0, 0.05) is 26.2 Å². The molecular formula is C8H16O2Zr. The standard InChI is InChI=1S/C8H16O2.Zr/c1-7(9)4-2-3-5-8-6-10-8;/h7-9H,2-6H2,1H3;. The molecule has 1 saturated heterocycles. The van der Waals surface area contributed by atoms with Gasteiger partial charge in [-0.05, 0) is 19.8 Å². The monoisotopic (exact) mass is 234 g/mol. The molecule has 1 fully saturated rings. The summed E-state index contributed by atoms with van der Waals surface area (Å²) in [5.74, 6) is 0. The molecule has 1 heterocycles. The predicted molar refractivity (Wildman–Crippen MR) is 39.9 cm³/mol. The van der Waals surface area contributed by atoms with Crippen LogP contribution in [0.1, 0.15) is 32.6 Å². The zero-order valence-electron chi connectivity index (χ0n) is 7.05. The number of unbranched alkanes of at least 4 members (excludes halogenated alkanes) is 1. The molecule has 0 aliphatic carbocycles. The predicted octanol–water partition coefficient (Wildman–Crippen LogP) is 1.32. The normalized spacial score (nSPS) is 24.0. The maximum absolute atomic E-state index is 8.90. The molecule has 1 aliphatic rings. The second-order valence-corrected chi connectivity index (χ2v) is 3.09. The van der Waals surface area contributed by atoms with E-state index in [9.17, 15) is 0 Å². The largest absolute Gasteiger partial charge is 0.393 e. The van der Waals surface area contributed by atoms with Gasteiger partial charge in [-0.15, -0.1) is 0 Å². The van der Waals surface area contributed by atoms with Crippen LogP contribution in [0.25, 0.3) is 0 Å². The summed E-state index contributed by atoms with van der Waals surface area (Å²) < 4.78 is 5.05. The van der Waals surface area contributed by atoms with E-state index in [0.29, 0.717) is 6.10 Å². The van der Waals surface area contributed by atoms with Gasteiger partial charge in [0.15, 0.2) is 0 Å². The first-order chi connectivity index (χ1) is 4.79. The average molecular weight is 235 g/mol. The summed E-state index contributed by atoms with van der Waals surface area (Å²) in [5.41, 5.74) is 0. The molecule has 0 aromatic heterocycles. The van der Waals surface area contributed by atoms with Gasteiger partial charge in [-0.3, -0.25) is 0 Å². The molecular weight excluding hydrogens is 219 g/mol. The van der Waals surface area contributed by atoms with Crippen LogP contribution in [0.5, 0.6) is 0 Å². The van der Waals surface area contributed by atoms with E-state index >= 15 is 0 Å². The van der Waals surface area contributed by atoms with E-state index in [2.05, 4.69) is 0 Å². The van der Waals surface area contributed by atoms with Crippen molar-refractivity contribution in [2.24, 2.45) is 0 Å². The van der Waals surface area contributed by atoms with Crippen LogP contribution < -0.4 is 0 Å². The second-order valence-electron chi connectivity index (χ2n) is 3.09. The number of ether oxygens (including phenoxy) is 1. The van der Waals surface area contributed by atoms with Gasteiger partial charge >= 0.3 is 0 Å². The number of epoxide rings is 1. The van der Waals surface area contributed by atoms with Crippen LogP contribution in [-0.4, -0.2) is 23.9 Å². The summed E-state index contributed by atoms with van der Waals surface area (Å²) in [5, 5.41) is 8.90. The van der Waals surface area contributed by atoms with Gasteiger partial charge in [-0.2, -0.15) is 0 Å². The first-order valence-electron chi connectivity index (χ1n) is 4.08. The fourth-order valence-electron chi connectivity index (χ4n) is 1.05. The Hall–Kier alpha value is 0.803. The van der Waals surface area contributed by atoms with Crippen LogP contribution in [0.3, 0.4) is 0 Å². The molecule has 2 unspecified atom stereocenters. The van der Waals surface area contributed by atoms with Crippen molar-refractivity contribution in [1.82, 2.24) is 0 Å². The molecule has 0 bridgehead atoms. The molecule has 0 aromatic rings. The minimum absolute atomic E-state index is 0. The van der Waals surface area contributed by atoms with Crippen LogP contribution in [-0.2, 0) is 30.9 Å². The molecule has 2 nitrogen and oxygen atoms in total. The zero-order chi connectivity index (χ0) is 7.40. The Labute approximate surface area is 87.4 Å². The van der Waals surface area contributed by atoms with E-state index in [4.69, 9.17) is 9.84 Å². The van der Waals surface area contributed by atoms with Crippen molar-refractivity contribution in [3.05, 3.63) is 0 Å². The summed E-state index contributed by atoms with van der Waals surface area (Å²) >= 11 is 0. The number of aliphatic hydroxyl groups excluding tert-OH is 1. The molecule has 0 spiro atoms. The van der Waals surface area contributed by atoms with Crippen molar-refractivity contribution in [3.63, 3.8) is 0 Å². The third kappa shape index (κ3) is 7.17. The number of rotatable bonds is 5. The van der Waals surface area contributed by atoms with Gasteiger partial charge < -0.3 is 9.84 Å². The average Bonchev–Trinajstić information content (AvgIpc) is 2.62. The van der Waals surface area contributed by atoms with E-state index < -0.39 is 0 Å². The first-order valence-corrected chi connectivity index (χ1v) is 4.08. The molecule has 2 atom stereocenters. The molecule has 0 aromatic carbocycles. The maximum Gasteiger partial charge on any atom is 0.0810 e. The summed E-state index contributed by atoms with van der Waals surface area (Å²) in [4.78, 5) is 0. The quantitative estimate of drug-likeness (QED) is 0.576. The van der Waals surface area contributed by atoms with Crippen LogP contribution in [0.15, 0.2) is 0 Å². The van der Waals surface area contributed by atoms with Crippen LogP contribution >= 0.6 is 0 Å². The van der Waals surface area contributed by atoms with Crippen LogP contribution in [0.2, 0.25) is 0 Å². The Kier molecular flexibility index (Phi) is 6.80. The van der Waals surface area contributed by atoms with E-state index in [1.54, 1.807) is 0 Å². The smallest absolute Gasteiger partial charge is 0.0810 e. The minimum Gasteiger partial charge on any atom is -0.393 e. The van der Waals surface area contributed by atoms with Gasteiger partial charge in [-0.1, -0.05) is 12.8 Å². The molecule has 0 amide bonds. The van der Waals surface area contributed by atoms with E-state index in [0.717, 1.165) is 19.4 Å². The van der Waals surface area contributed by atoms with Crippen molar-refractivity contribution < 1.29 is 36.0 Å². The van der Waals surface area contributed by atoms with Crippen molar-refractivity contribution in [3.8, 4) is 0 Å². The van der Waals surface area contributed by atoms with Gasteiger partial charge in [0.25, 0.3) is 0 Å². The van der Waals surface area contributed by atoms with Crippen molar-refractivity contribution in [2.75, 3.05) is 6.61 Å². The van der Waals surface area contributed by atoms with Crippen molar-refractivity contribution >= 4 is 0 Å². The molecule has 3 heteroatoms. The third-order valence-electron chi connectivity index (χ3n) is 1.80. The first kappa shape index (κ1) is 11.8. The molecule has 0 saturated carbocycles. The van der Waals surface area contributed by atoms with Crippen LogP contribution in [0, 0.1) is 0 Å². The third-order valence-corrected chi connectivity index (χ3v) is 1.80. The summed E-state index contributed by atoms with van der Waals surface area (Å²) in [6, 6.07) is 0. The summed E-state index contributed by atoms with van der Waals surface area (Å²) in [7, 11) is 0. The number of aliphatic hydroxyl groups is 1. The molecule has 1 rings (SSSR count). The molecule has 11 heavy (non-hydrogen) atoms. The van der Waals surface area contributed by atoms with Gasteiger partial charge in [-0.25, -0.2) is 0 Å². The topological polar surface area (TPSA) is 32.8 Å². The maximum atomic E-state index is 8.90. The van der Waals surface area contributed by atoms with Gasteiger partial charge in [0.05, 0.1) is 18.8 Å². The fourth-order valence-corrected chi connectivity index (χ4v) is 1.05. The molecule has 1 aliphatic heterocycles. The number of hydrogen-bond acceptors (Lipinski definition) is 2. The minimum atomic E-state index is -0.125. The second kappa shape index (κ2) is 6.33. The fraction of sp³-hybridized carbons (Fsp3) is 1.00. The van der Waals surface area contributed by atoms with Gasteiger partial charge in [0.1, 0.15) is 0 Å².